The van der Waals surface area contributed by atoms with Crippen LogP contribution in [0.2, 0.25) is 5.02 Å². The van der Waals surface area contributed by atoms with Crippen LogP contribution in [0, 0.1) is 0 Å². The van der Waals surface area contributed by atoms with E-state index >= 15 is 0 Å². The lowest BCUT2D eigenvalue weighted by Crippen LogP contribution is -2.20. The highest BCUT2D eigenvalue weighted by Gasteiger charge is 2.18. The maximum absolute atomic E-state index is 5.89. The van der Waals surface area contributed by atoms with E-state index in [1.807, 2.05) is 33.2 Å². The standard InChI is InChI=1S/C14H16ClN9/c1-8(11-17-13(16)19-14(18-11)23(2)3)24-21-12(20-22-24)9-4-6-10(15)7-5-9/h4-8H,1-3H3,(H2,16,17,18,19). The lowest BCUT2D eigenvalue weighted by Gasteiger charge is -2.14. The van der Waals surface area contributed by atoms with Crippen molar-refractivity contribution in [2.24, 2.45) is 0 Å². The minimum atomic E-state index is -0.345. The molecule has 1 atom stereocenters. The molecule has 0 aliphatic heterocycles. The third kappa shape index (κ3) is 3.25. The van der Waals surface area contributed by atoms with E-state index in [0.717, 1.165) is 5.56 Å². The number of anilines is 2. The van der Waals surface area contributed by atoms with Gasteiger partial charge in [0, 0.05) is 24.7 Å². The first-order valence-corrected chi connectivity index (χ1v) is 7.56. The van der Waals surface area contributed by atoms with Crippen molar-refractivity contribution in [2.75, 3.05) is 24.7 Å². The van der Waals surface area contributed by atoms with Crippen LogP contribution >= 0.6 is 11.6 Å². The van der Waals surface area contributed by atoms with Crippen molar-refractivity contribution < 1.29 is 0 Å². The van der Waals surface area contributed by atoms with Gasteiger partial charge in [-0.2, -0.15) is 19.7 Å². The topological polar surface area (TPSA) is 112 Å². The van der Waals surface area contributed by atoms with Gasteiger partial charge in [-0.3, -0.25) is 0 Å². The van der Waals surface area contributed by atoms with E-state index in [0.29, 0.717) is 22.6 Å². The third-order valence-corrected chi connectivity index (χ3v) is 3.56. The van der Waals surface area contributed by atoms with Gasteiger partial charge < -0.3 is 10.6 Å². The van der Waals surface area contributed by atoms with Gasteiger partial charge in [0.25, 0.3) is 0 Å². The van der Waals surface area contributed by atoms with Crippen LogP contribution in [0.15, 0.2) is 24.3 Å². The van der Waals surface area contributed by atoms with Crippen LogP contribution in [-0.2, 0) is 0 Å². The summed E-state index contributed by atoms with van der Waals surface area (Å²) in [7, 11) is 3.66. The van der Waals surface area contributed by atoms with E-state index in [2.05, 4.69) is 30.4 Å². The fraction of sp³-hybridized carbons (Fsp3) is 0.286. The SMILES string of the molecule is CC(c1nc(N)nc(N(C)C)n1)n1nnc(-c2ccc(Cl)cc2)n1. The summed E-state index contributed by atoms with van der Waals surface area (Å²) in [6.07, 6.45) is 0. The Morgan fingerprint density at radius 1 is 1.12 bits per heavy atom. The molecule has 0 saturated heterocycles. The van der Waals surface area contributed by atoms with Crippen LogP contribution in [-0.4, -0.2) is 49.3 Å². The number of halogens is 1. The highest BCUT2D eigenvalue weighted by molar-refractivity contribution is 6.30. The number of tetrazole rings is 1. The molecule has 2 aromatic heterocycles. The monoisotopic (exact) mass is 345 g/mol. The zero-order valence-corrected chi connectivity index (χ0v) is 14.2. The summed E-state index contributed by atoms with van der Waals surface area (Å²) in [5.41, 5.74) is 6.58. The molecule has 24 heavy (non-hydrogen) atoms. The fourth-order valence-corrected chi connectivity index (χ4v) is 2.12. The average molecular weight is 346 g/mol. The van der Waals surface area contributed by atoms with E-state index in [4.69, 9.17) is 17.3 Å². The molecule has 0 amide bonds. The summed E-state index contributed by atoms with van der Waals surface area (Å²) < 4.78 is 0. The van der Waals surface area contributed by atoms with Crippen molar-refractivity contribution >= 4 is 23.5 Å². The smallest absolute Gasteiger partial charge is 0.229 e. The van der Waals surface area contributed by atoms with Gasteiger partial charge in [0.2, 0.25) is 17.7 Å². The van der Waals surface area contributed by atoms with Gasteiger partial charge in [-0.05, 0) is 36.4 Å². The summed E-state index contributed by atoms with van der Waals surface area (Å²) in [6, 6.07) is 6.87. The van der Waals surface area contributed by atoms with Gasteiger partial charge in [0.15, 0.2) is 5.82 Å². The van der Waals surface area contributed by atoms with E-state index in [-0.39, 0.29) is 12.0 Å². The Morgan fingerprint density at radius 3 is 2.50 bits per heavy atom. The molecule has 124 valence electrons. The molecule has 1 aromatic carbocycles. The van der Waals surface area contributed by atoms with Crippen LogP contribution in [0.3, 0.4) is 0 Å². The average Bonchev–Trinajstić information content (AvgIpc) is 3.04. The van der Waals surface area contributed by atoms with Crippen molar-refractivity contribution in [1.29, 1.82) is 0 Å². The van der Waals surface area contributed by atoms with Crippen molar-refractivity contribution in [2.45, 2.75) is 13.0 Å². The quantitative estimate of drug-likeness (QED) is 0.755. The van der Waals surface area contributed by atoms with Crippen molar-refractivity contribution in [3.8, 4) is 11.4 Å². The van der Waals surface area contributed by atoms with Crippen LogP contribution in [0.25, 0.3) is 11.4 Å². The van der Waals surface area contributed by atoms with Crippen LogP contribution < -0.4 is 10.6 Å². The molecule has 2 N–H and O–H groups in total. The minimum Gasteiger partial charge on any atom is -0.368 e. The number of benzene rings is 1. The normalized spacial score (nSPS) is 12.2. The molecular formula is C14H16ClN9. The molecule has 1 unspecified atom stereocenters. The van der Waals surface area contributed by atoms with Crippen molar-refractivity contribution in [3.63, 3.8) is 0 Å². The first-order valence-electron chi connectivity index (χ1n) is 7.18. The van der Waals surface area contributed by atoms with Crippen molar-refractivity contribution in [3.05, 3.63) is 35.1 Å². The van der Waals surface area contributed by atoms with E-state index in [1.165, 1.54) is 4.80 Å². The van der Waals surface area contributed by atoms with E-state index in [1.54, 1.807) is 17.0 Å². The molecule has 0 fully saturated rings. The fourth-order valence-electron chi connectivity index (χ4n) is 1.99. The van der Waals surface area contributed by atoms with Gasteiger partial charge in [-0.1, -0.05) is 11.6 Å². The van der Waals surface area contributed by atoms with Gasteiger partial charge in [0.05, 0.1) is 0 Å². The van der Waals surface area contributed by atoms with Gasteiger partial charge in [0.1, 0.15) is 6.04 Å². The molecule has 0 spiro atoms. The molecule has 0 radical (unpaired) electrons. The van der Waals surface area contributed by atoms with Crippen LogP contribution in [0.1, 0.15) is 18.8 Å². The maximum atomic E-state index is 5.89. The molecule has 10 heteroatoms. The molecular weight excluding hydrogens is 330 g/mol. The summed E-state index contributed by atoms with van der Waals surface area (Å²) in [4.78, 5) is 15.8. The second-order valence-electron chi connectivity index (χ2n) is 5.36. The minimum absolute atomic E-state index is 0.147. The zero-order chi connectivity index (χ0) is 17.3. The Kier molecular flexibility index (Phi) is 4.26. The summed E-state index contributed by atoms with van der Waals surface area (Å²) in [6.45, 7) is 1.86. The molecule has 0 bridgehead atoms. The lowest BCUT2D eigenvalue weighted by molar-refractivity contribution is 0.461. The number of hydrogen-bond donors (Lipinski definition) is 1. The predicted octanol–water partition coefficient (Wildman–Crippen LogP) is 1.44. The van der Waals surface area contributed by atoms with Crippen molar-refractivity contribution in [1.82, 2.24) is 35.2 Å². The van der Waals surface area contributed by atoms with E-state index < -0.39 is 0 Å². The number of nitrogen functional groups attached to an aromatic ring is 1. The summed E-state index contributed by atoms with van der Waals surface area (Å²) in [5, 5.41) is 13.2. The summed E-state index contributed by atoms with van der Waals surface area (Å²) >= 11 is 5.89. The largest absolute Gasteiger partial charge is 0.368 e. The third-order valence-electron chi connectivity index (χ3n) is 3.31. The van der Waals surface area contributed by atoms with E-state index in [9.17, 15) is 0 Å². The van der Waals surface area contributed by atoms with Crippen LogP contribution in [0.4, 0.5) is 11.9 Å². The number of rotatable bonds is 4. The number of hydrogen-bond acceptors (Lipinski definition) is 8. The second kappa shape index (κ2) is 6.36. The molecule has 0 aliphatic carbocycles. The Balaban J connectivity index is 1.91. The second-order valence-corrected chi connectivity index (χ2v) is 5.80. The lowest BCUT2D eigenvalue weighted by atomic mass is 10.2. The maximum Gasteiger partial charge on any atom is 0.229 e. The molecule has 0 aliphatic rings. The molecule has 9 nitrogen and oxygen atoms in total. The predicted molar refractivity (Wildman–Crippen MR) is 90.6 cm³/mol. The zero-order valence-electron chi connectivity index (χ0n) is 13.4. The first kappa shape index (κ1) is 16.1. The Hall–Kier alpha value is -2.81. The number of aromatic nitrogens is 7. The highest BCUT2D eigenvalue weighted by Crippen LogP contribution is 2.19. The molecule has 3 aromatic rings. The molecule has 2 heterocycles. The molecule has 3 rings (SSSR count). The number of nitrogens with zero attached hydrogens (tertiary/aromatic N) is 8. The Morgan fingerprint density at radius 2 is 1.83 bits per heavy atom. The summed E-state index contributed by atoms with van der Waals surface area (Å²) in [5.74, 6) is 1.58. The highest BCUT2D eigenvalue weighted by atomic mass is 35.5. The van der Waals surface area contributed by atoms with Gasteiger partial charge in [-0.25, -0.2) is 0 Å². The van der Waals surface area contributed by atoms with Gasteiger partial charge in [-0.15, -0.1) is 10.2 Å². The Bertz CT molecular complexity index is 844. The van der Waals surface area contributed by atoms with Gasteiger partial charge >= 0.3 is 0 Å². The Labute approximate surface area is 143 Å². The molecule has 0 saturated carbocycles. The number of nitrogens with two attached hydrogens (primary N) is 1. The first-order chi connectivity index (χ1) is 11.4. The van der Waals surface area contributed by atoms with Crippen LogP contribution in [0.5, 0.6) is 0 Å².